The van der Waals surface area contributed by atoms with Gasteiger partial charge in [-0.25, -0.2) is 0 Å². The quantitative estimate of drug-likeness (QED) is 0.769. The lowest BCUT2D eigenvalue weighted by Crippen LogP contribution is -1.88. The minimum atomic E-state index is -0.198. The molecule has 2 aromatic rings. The maximum atomic E-state index is 9.38. The Kier molecular flexibility index (Phi) is 3.86. The van der Waals surface area contributed by atoms with Crippen LogP contribution >= 0.6 is 0 Å². The first-order valence-electron chi connectivity index (χ1n) is 7.27. The fourth-order valence-corrected chi connectivity index (χ4v) is 3.07. The van der Waals surface area contributed by atoms with Gasteiger partial charge >= 0.3 is 0 Å². The number of aliphatic hydroxyl groups excluding tert-OH is 2. The van der Waals surface area contributed by atoms with Gasteiger partial charge in [0.1, 0.15) is 0 Å². The highest BCUT2D eigenvalue weighted by molar-refractivity contribution is 5.33. The molecule has 2 heteroatoms. The fourth-order valence-electron chi connectivity index (χ4n) is 3.07. The highest BCUT2D eigenvalue weighted by Crippen LogP contribution is 2.30. The van der Waals surface area contributed by atoms with Gasteiger partial charge in [-0.3, -0.25) is 0 Å². The molecule has 0 bridgehead atoms. The molecule has 2 atom stereocenters. The molecule has 2 N–H and O–H groups in total. The van der Waals surface area contributed by atoms with Crippen molar-refractivity contribution in [2.45, 2.75) is 37.9 Å². The Hall–Kier alpha value is -1.64. The van der Waals surface area contributed by atoms with Gasteiger partial charge in [0, 0.05) is 0 Å². The second kappa shape index (κ2) is 5.78. The Morgan fingerprint density at radius 3 is 1.45 bits per heavy atom. The predicted octanol–water partition coefficient (Wildman–Crippen LogP) is 3.33. The molecule has 0 aromatic heterocycles. The van der Waals surface area contributed by atoms with Crippen molar-refractivity contribution in [2.75, 3.05) is 0 Å². The van der Waals surface area contributed by atoms with Crippen LogP contribution < -0.4 is 0 Å². The van der Waals surface area contributed by atoms with Gasteiger partial charge in [0.25, 0.3) is 0 Å². The van der Waals surface area contributed by atoms with Crippen molar-refractivity contribution in [1.29, 1.82) is 0 Å². The molecular weight excluding hydrogens is 248 g/mol. The summed E-state index contributed by atoms with van der Waals surface area (Å²) in [4.78, 5) is 0. The lowest BCUT2D eigenvalue weighted by Gasteiger charge is -2.00. The summed E-state index contributed by atoms with van der Waals surface area (Å²) in [5.74, 6) is 0. The molecule has 2 aliphatic rings. The minimum Gasteiger partial charge on any atom is -0.388 e. The molecule has 0 spiro atoms. The van der Waals surface area contributed by atoms with E-state index in [0.717, 1.165) is 36.8 Å². The summed E-state index contributed by atoms with van der Waals surface area (Å²) in [6.45, 7) is 0. The molecule has 0 radical (unpaired) electrons. The average Bonchev–Trinajstić information content (AvgIpc) is 3.05. The third-order valence-electron chi connectivity index (χ3n) is 4.20. The number of hydrogen-bond donors (Lipinski definition) is 2. The van der Waals surface area contributed by atoms with E-state index in [1.165, 1.54) is 11.1 Å². The van der Waals surface area contributed by atoms with Crippen LogP contribution in [0.3, 0.4) is 0 Å². The maximum absolute atomic E-state index is 9.38. The van der Waals surface area contributed by atoms with Crippen LogP contribution in [-0.2, 0) is 12.8 Å². The number of aryl methyl sites for hydroxylation is 2. The number of rotatable bonds is 0. The molecule has 2 aliphatic carbocycles. The first-order valence-corrected chi connectivity index (χ1v) is 7.27. The van der Waals surface area contributed by atoms with Crippen LogP contribution in [0.1, 0.15) is 47.3 Å². The van der Waals surface area contributed by atoms with Gasteiger partial charge < -0.3 is 10.2 Å². The summed E-state index contributed by atoms with van der Waals surface area (Å²) in [7, 11) is 0. The molecule has 4 rings (SSSR count). The fraction of sp³-hybridized carbons (Fsp3) is 0.333. The monoisotopic (exact) mass is 268 g/mol. The summed E-state index contributed by atoms with van der Waals surface area (Å²) in [5, 5.41) is 18.8. The zero-order chi connectivity index (χ0) is 13.9. The maximum Gasteiger partial charge on any atom is 0.0795 e. The van der Waals surface area contributed by atoms with Crippen LogP contribution in [0.25, 0.3) is 0 Å². The van der Waals surface area contributed by atoms with E-state index in [0.29, 0.717) is 0 Å². The molecule has 0 amide bonds. The van der Waals surface area contributed by atoms with E-state index < -0.39 is 0 Å². The Labute approximate surface area is 119 Å². The van der Waals surface area contributed by atoms with Crippen LogP contribution in [0, 0.1) is 0 Å². The first kappa shape index (κ1) is 13.3. The molecular formula is C18H20O2. The van der Waals surface area contributed by atoms with Crippen molar-refractivity contribution in [3.8, 4) is 0 Å². The molecule has 2 nitrogen and oxygen atoms in total. The molecule has 2 aromatic carbocycles. The minimum absolute atomic E-state index is 0.198. The zero-order valence-electron chi connectivity index (χ0n) is 11.5. The van der Waals surface area contributed by atoms with Crippen molar-refractivity contribution in [3.05, 3.63) is 70.8 Å². The Balaban J connectivity index is 0.000000121. The van der Waals surface area contributed by atoms with Gasteiger partial charge in [-0.2, -0.15) is 0 Å². The van der Waals surface area contributed by atoms with Crippen LogP contribution in [0.15, 0.2) is 48.5 Å². The Morgan fingerprint density at radius 1 is 0.650 bits per heavy atom. The van der Waals surface area contributed by atoms with Crippen LogP contribution in [0.2, 0.25) is 0 Å². The summed E-state index contributed by atoms with van der Waals surface area (Å²) in [6.07, 6.45) is 3.49. The van der Waals surface area contributed by atoms with Gasteiger partial charge in [0.2, 0.25) is 0 Å². The lowest BCUT2D eigenvalue weighted by molar-refractivity contribution is 0.179. The molecule has 0 aliphatic heterocycles. The highest BCUT2D eigenvalue weighted by Gasteiger charge is 2.18. The van der Waals surface area contributed by atoms with Crippen molar-refractivity contribution >= 4 is 0 Å². The number of aliphatic hydroxyl groups is 2. The van der Waals surface area contributed by atoms with Gasteiger partial charge in [-0.05, 0) is 47.9 Å². The standard InChI is InChI=1S/2C9H10O/c2*10-9-6-5-7-3-1-2-4-8(7)9/h2*1-4,9-10H,5-6H2. The van der Waals surface area contributed by atoms with Crippen molar-refractivity contribution in [2.24, 2.45) is 0 Å². The van der Waals surface area contributed by atoms with E-state index >= 15 is 0 Å². The highest BCUT2D eigenvalue weighted by atomic mass is 16.3. The van der Waals surface area contributed by atoms with Crippen molar-refractivity contribution in [3.63, 3.8) is 0 Å². The van der Waals surface area contributed by atoms with Crippen molar-refractivity contribution in [1.82, 2.24) is 0 Å². The molecule has 104 valence electrons. The second-order valence-electron chi connectivity index (χ2n) is 5.51. The third kappa shape index (κ3) is 2.62. The van der Waals surface area contributed by atoms with Crippen LogP contribution in [0.5, 0.6) is 0 Å². The largest absolute Gasteiger partial charge is 0.388 e. The number of hydrogen-bond acceptors (Lipinski definition) is 2. The SMILES string of the molecule is OC1CCc2ccccc21.OC1CCc2ccccc21. The third-order valence-corrected chi connectivity index (χ3v) is 4.20. The summed E-state index contributed by atoms with van der Waals surface area (Å²) in [6, 6.07) is 16.2. The molecule has 0 fully saturated rings. The number of fused-ring (bicyclic) bond motifs is 2. The first-order chi connectivity index (χ1) is 9.75. The topological polar surface area (TPSA) is 40.5 Å². The van der Waals surface area contributed by atoms with E-state index in [-0.39, 0.29) is 12.2 Å². The van der Waals surface area contributed by atoms with E-state index in [4.69, 9.17) is 0 Å². The van der Waals surface area contributed by atoms with Gasteiger partial charge in [-0.15, -0.1) is 0 Å². The van der Waals surface area contributed by atoms with E-state index in [9.17, 15) is 10.2 Å². The normalized spacial score (nSPS) is 22.7. The smallest absolute Gasteiger partial charge is 0.0795 e. The van der Waals surface area contributed by atoms with Crippen LogP contribution in [0.4, 0.5) is 0 Å². The van der Waals surface area contributed by atoms with E-state index in [2.05, 4.69) is 12.1 Å². The Bertz CT molecular complexity index is 538. The predicted molar refractivity (Wildman–Crippen MR) is 79.4 cm³/mol. The van der Waals surface area contributed by atoms with Gasteiger partial charge in [0.15, 0.2) is 0 Å². The van der Waals surface area contributed by atoms with Crippen molar-refractivity contribution < 1.29 is 10.2 Å². The molecule has 20 heavy (non-hydrogen) atoms. The summed E-state index contributed by atoms with van der Waals surface area (Å²) >= 11 is 0. The Morgan fingerprint density at radius 2 is 1.05 bits per heavy atom. The molecule has 2 unspecified atom stereocenters. The zero-order valence-corrected chi connectivity index (χ0v) is 11.5. The molecule has 0 heterocycles. The average molecular weight is 268 g/mol. The second-order valence-corrected chi connectivity index (χ2v) is 5.51. The molecule has 0 saturated heterocycles. The molecule has 0 saturated carbocycles. The van der Waals surface area contributed by atoms with E-state index in [1.54, 1.807) is 0 Å². The summed E-state index contributed by atoms with van der Waals surface area (Å²) in [5.41, 5.74) is 4.88. The number of benzene rings is 2. The van der Waals surface area contributed by atoms with E-state index in [1.807, 2.05) is 36.4 Å². The van der Waals surface area contributed by atoms with Gasteiger partial charge in [-0.1, -0.05) is 48.5 Å². The summed E-state index contributed by atoms with van der Waals surface area (Å²) < 4.78 is 0. The van der Waals surface area contributed by atoms with Gasteiger partial charge in [0.05, 0.1) is 12.2 Å². The lowest BCUT2D eigenvalue weighted by atomic mass is 10.1. The van der Waals surface area contributed by atoms with Crippen LogP contribution in [-0.4, -0.2) is 10.2 Å².